The summed E-state index contributed by atoms with van der Waals surface area (Å²) in [5, 5.41) is 1.23. The highest BCUT2D eigenvalue weighted by Crippen LogP contribution is 2.30. The van der Waals surface area contributed by atoms with Crippen LogP contribution in [0.2, 0.25) is 10.0 Å². The van der Waals surface area contributed by atoms with Crippen LogP contribution in [-0.2, 0) is 0 Å². The number of nitrogens with two attached hydrogens (primary N) is 1. The monoisotopic (exact) mass is 255 g/mol. The van der Waals surface area contributed by atoms with Gasteiger partial charge in [0, 0.05) is 15.6 Å². The van der Waals surface area contributed by atoms with Gasteiger partial charge in [0.05, 0.1) is 12.3 Å². The first-order valence-corrected chi connectivity index (χ1v) is 5.59. The van der Waals surface area contributed by atoms with E-state index in [0.29, 0.717) is 10.0 Å². The van der Waals surface area contributed by atoms with Gasteiger partial charge in [-0.05, 0) is 36.8 Å². The number of benzene rings is 1. The van der Waals surface area contributed by atoms with Crippen molar-refractivity contribution < 1.29 is 4.42 Å². The van der Waals surface area contributed by atoms with Gasteiger partial charge in [-0.25, -0.2) is 0 Å². The summed E-state index contributed by atoms with van der Waals surface area (Å²) in [5.41, 5.74) is 7.85. The third-order valence-electron chi connectivity index (χ3n) is 2.53. The fourth-order valence-corrected chi connectivity index (χ4v) is 2.05. The minimum Gasteiger partial charge on any atom is -0.469 e. The third-order valence-corrected chi connectivity index (χ3v) is 3.11. The van der Waals surface area contributed by atoms with E-state index in [0.717, 1.165) is 16.9 Å². The van der Waals surface area contributed by atoms with Crippen molar-refractivity contribution in [3.05, 3.63) is 57.5 Å². The molecule has 1 heterocycles. The smallest absolute Gasteiger partial charge is 0.105 e. The van der Waals surface area contributed by atoms with Crippen molar-refractivity contribution >= 4 is 23.2 Å². The molecule has 2 rings (SSSR count). The Kier molecular flexibility index (Phi) is 3.24. The van der Waals surface area contributed by atoms with Crippen LogP contribution >= 0.6 is 23.2 Å². The van der Waals surface area contributed by atoms with E-state index < -0.39 is 0 Å². The summed E-state index contributed by atoms with van der Waals surface area (Å²) in [6.45, 7) is 1.87. The first-order chi connectivity index (χ1) is 7.59. The Balaban J connectivity index is 2.45. The lowest BCUT2D eigenvalue weighted by Gasteiger charge is -2.13. The van der Waals surface area contributed by atoms with Gasteiger partial charge in [-0.3, -0.25) is 0 Å². The fraction of sp³-hybridized carbons (Fsp3) is 0.167. The molecular weight excluding hydrogens is 245 g/mol. The van der Waals surface area contributed by atoms with Gasteiger partial charge in [0.15, 0.2) is 0 Å². The molecule has 84 valence electrons. The van der Waals surface area contributed by atoms with E-state index in [4.69, 9.17) is 33.4 Å². The molecule has 0 spiro atoms. The maximum atomic E-state index is 6.13. The lowest BCUT2D eigenvalue weighted by molar-refractivity contribution is 0.527. The van der Waals surface area contributed by atoms with Gasteiger partial charge in [0.1, 0.15) is 5.76 Å². The van der Waals surface area contributed by atoms with E-state index in [2.05, 4.69) is 0 Å². The molecule has 2 N–H and O–H groups in total. The second-order valence-corrected chi connectivity index (χ2v) is 4.42. The number of rotatable bonds is 2. The molecule has 0 aliphatic heterocycles. The first-order valence-electron chi connectivity index (χ1n) is 4.84. The Morgan fingerprint density at radius 2 is 1.94 bits per heavy atom. The summed E-state index contributed by atoms with van der Waals surface area (Å²) in [7, 11) is 0. The van der Waals surface area contributed by atoms with Crippen molar-refractivity contribution in [2.45, 2.75) is 13.0 Å². The topological polar surface area (TPSA) is 39.2 Å². The summed E-state index contributed by atoms with van der Waals surface area (Å²) < 4.78 is 5.22. The molecule has 16 heavy (non-hydrogen) atoms. The quantitative estimate of drug-likeness (QED) is 0.883. The van der Waals surface area contributed by atoms with E-state index in [1.165, 1.54) is 0 Å². The minimum absolute atomic E-state index is 0.315. The molecule has 0 radical (unpaired) electrons. The number of hydrogen-bond donors (Lipinski definition) is 1. The van der Waals surface area contributed by atoms with Gasteiger partial charge < -0.3 is 10.2 Å². The molecule has 0 aliphatic rings. The zero-order chi connectivity index (χ0) is 11.7. The predicted octanol–water partition coefficient (Wildman–Crippen LogP) is 3.94. The van der Waals surface area contributed by atoms with Gasteiger partial charge in [0.25, 0.3) is 0 Å². The zero-order valence-corrected chi connectivity index (χ0v) is 10.2. The molecule has 1 atom stereocenters. The molecule has 0 fully saturated rings. The SMILES string of the molecule is Cc1occc1C(N)c1cc(Cl)ccc1Cl. The summed E-state index contributed by atoms with van der Waals surface area (Å²) in [6, 6.07) is 6.79. The van der Waals surface area contributed by atoms with Gasteiger partial charge in [-0.2, -0.15) is 0 Å². The first kappa shape index (κ1) is 11.5. The number of aryl methyl sites for hydroxylation is 1. The standard InChI is InChI=1S/C12H11Cl2NO/c1-7-9(4-5-16-7)12(15)10-6-8(13)2-3-11(10)14/h2-6,12H,15H2,1H3. The summed E-state index contributed by atoms with van der Waals surface area (Å²) in [4.78, 5) is 0. The molecule has 4 heteroatoms. The number of furan rings is 1. The Morgan fingerprint density at radius 1 is 1.19 bits per heavy atom. The van der Waals surface area contributed by atoms with Crippen LogP contribution in [-0.4, -0.2) is 0 Å². The van der Waals surface area contributed by atoms with Crippen molar-refractivity contribution in [1.82, 2.24) is 0 Å². The van der Waals surface area contributed by atoms with Crippen molar-refractivity contribution in [3.63, 3.8) is 0 Å². The molecule has 0 aliphatic carbocycles. The van der Waals surface area contributed by atoms with E-state index in [1.54, 1.807) is 24.5 Å². The van der Waals surface area contributed by atoms with E-state index >= 15 is 0 Å². The normalized spacial score (nSPS) is 12.8. The van der Waals surface area contributed by atoms with Crippen LogP contribution in [0.5, 0.6) is 0 Å². The van der Waals surface area contributed by atoms with Gasteiger partial charge in [-0.15, -0.1) is 0 Å². The Labute approximate surface area is 104 Å². The summed E-state index contributed by atoms with van der Waals surface area (Å²) in [6.07, 6.45) is 1.61. The lowest BCUT2D eigenvalue weighted by Crippen LogP contribution is -2.12. The van der Waals surface area contributed by atoms with Gasteiger partial charge in [0.2, 0.25) is 0 Å². The fourth-order valence-electron chi connectivity index (χ4n) is 1.64. The second-order valence-electron chi connectivity index (χ2n) is 3.58. The molecular formula is C12H11Cl2NO. The average molecular weight is 256 g/mol. The molecule has 0 saturated carbocycles. The van der Waals surface area contributed by atoms with Crippen molar-refractivity contribution in [1.29, 1.82) is 0 Å². The largest absolute Gasteiger partial charge is 0.469 e. The van der Waals surface area contributed by atoms with Crippen LogP contribution < -0.4 is 5.73 Å². The number of hydrogen-bond acceptors (Lipinski definition) is 2. The molecule has 1 aromatic carbocycles. The molecule has 2 aromatic rings. The summed E-state index contributed by atoms with van der Waals surface area (Å²) in [5.74, 6) is 0.795. The lowest BCUT2D eigenvalue weighted by atomic mass is 10.0. The van der Waals surface area contributed by atoms with Crippen LogP contribution in [0.25, 0.3) is 0 Å². The summed E-state index contributed by atoms with van der Waals surface area (Å²) >= 11 is 12.0. The molecule has 0 amide bonds. The van der Waals surface area contributed by atoms with Crippen LogP contribution in [0.1, 0.15) is 22.9 Å². The Morgan fingerprint density at radius 3 is 2.56 bits per heavy atom. The second kappa shape index (κ2) is 4.50. The molecule has 1 unspecified atom stereocenters. The Hall–Kier alpha value is -0.960. The van der Waals surface area contributed by atoms with Crippen molar-refractivity contribution in [2.24, 2.45) is 5.73 Å². The van der Waals surface area contributed by atoms with Crippen molar-refractivity contribution in [2.75, 3.05) is 0 Å². The Bertz CT molecular complexity index is 507. The van der Waals surface area contributed by atoms with Crippen LogP contribution in [0.4, 0.5) is 0 Å². The highest BCUT2D eigenvalue weighted by atomic mass is 35.5. The number of halogens is 2. The van der Waals surface area contributed by atoms with Gasteiger partial charge >= 0.3 is 0 Å². The van der Waals surface area contributed by atoms with Crippen LogP contribution in [0, 0.1) is 6.92 Å². The highest BCUT2D eigenvalue weighted by molar-refractivity contribution is 6.33. The zero-order valence-electron chi connectivity index (χ0n) is 8.71. The predicted molar refractivity (Wildman–Crippen MR) is 65.9 cm³/mol. The highest BCUT2D eigenvalue weighted by Gasteiger charge is 2.16. The van der Waals surface area contributed by atoms with E-state index in [9.17, 15) is 0 Å². The van der Waals surface area contributed by atoms with Crippen molar-refractivity contribution in [3.8, 4) is 0 Å². The molecule has 0 bridgehead atoms. The maximum absolute atomic E-state index is 6.13. The molecule has 0 saturated heterocycles. The van der Waals surface area contributed by atoms with Crippen LogP contribution in [0.15, 0.2) is 34.9 Å². The van der Waals surface area contributed by atoms with Gasteiger partial charge in [-0.1, -0.05) is 23.2 Å². The third kappa shape index (κ3) is 2.09. The maximum Gasteiger partial charge on any atom is 0.105 e. The molecule has 1 aromatic heterocycles. The average Bonchev–Trinajstić information content (AvgIpc) is 2.67. The molecule has 2 nitrogen and oxygen atoms in total. The van der Waals surface area contributed by atoms with E-state index in [-0.39, 0.29) is 6.04 Å². The van der Waals surface area contributed by atoms with Crippen LogP contribution in [0.3, 0.4) is 0 Å². The minimum atomic E-state index is -0.315. The van der Waals surface area contributed by atoms with E-state index in [1.807, 2.05) is 13.0 Å².